The summed E-state index contributed by atoms with van der Waals surface area (Å²) < 4.78 is 5.21. The quantitative estimate of drug-likeness (QED) is 0.933. The number of benzene rings is 1. The summed E-state index contributed by atoms with van der Waals surface area (Å²) in [6, 6.07) is 5.38. The molecule has 0 aliphatic carbocycles. The van der Waals surface area contributed by atoms with E-state index in [-0.39, 0.29) is 6.04 Å². The molecule has 1 aliphatic heterocycles. The maximum Gasteiger partial charge on any atom is 0.334 e. The van der Waals surface area contributed by atoms with E-state index in [9.17, 15) is 4.79 Å². The van der Waals surface area contributed by atoms with Crippen LogP contribution in [0, 0.1) is 0 Å². The molecule has 0 saturated carbocycles. The average molecular weight is 304 g/mol. The average Bonchev–Trinajstić information content (AvgIpc) is 2.38. The number of aliphatic carboxylic acids is 1. The number of carboxylic acids is 1. The Labute approximate surface area is 121 Å². The maximum absolute atomic E-state index is 11.0. The van der Waals surface area contributed by atoms with Gasteiger partial charge in [-0.15, -0.1) is 0 Å². The van der Waals surface area contributed by atoms with Gasteiger partial charge in [0.1, 0.15) is 0 Å². The van der Waals surface area contributed by atoms with Crippen molar-refractivity contribution in [3.63, 3.8) is 0 Å². The number of morpholine rings is 1. The second-order valence-electron chi connectivity index (χ2n) is 4.53. The van der Waals surface area contributed by atoms with Crippen molar-refractivity contribution in [3.8, 4) is 0 Å². The summed E-state index contributed by atoms with van der Waals surface area (Å²) in [4.78, 5) is 13.0. The third-order valence-corrected chi connectivity index (χ3v) is 3.90. The molecule has 104 valence electrons. The van der Waals surface area contributed by atoms with Crippen LogP contribution in [0.15, 0.2) is 18.2 Å². The fourth-order valence-corrected chi connectivity index (χ4v) is 2.77. The summed E-state index contributed by atoms with van der Waals surface area (Å²) in [5, 5.41) is 10.2. The van der Waals surface area contributed by atoms with E-state index < -0.39 is 12.1 Å². The lowest BCUT2D eigenvalue weighted by Gasteiger charge is -2.35. The smallest absolute Gasteiger partial charge is 0.334 e. The highest BCUT2D eigenvalue weighted by atomic mass is 35.5. The molecule has 1 heterocycles. The standard InChI is InChI=1S/C13H15Cl2NO3/c1-8(10-3-2-9(14)6-11(10)15)16-4-5-19-12(7-16)13(17)18/h2-3,6,8,12H,4-5,7H2,1H3,(H,17,18). The second kappa shape index (κ2) is 6.09. The lowest BCUT2D eigenvalue weighted by Crippen LogP contribution is -2.46. The summed E-state index contributed by atoms with van der Waals surface area (Å²) in [7, 11) is 0. The van der Waals surface area contributed by atoms with E-state index in [0.29, 0.717) is 29.7 Å². The largest absolute Gasteiger partial charge is 0.479 e. The predicted octanol–water partition coefficient (Wildman–Crippen LogP) is 2.84. The summed E-state index contributed by atoms with van der Waals surface area (Å²) in [5.74, 6) is -0.931. The molecule has 19 heavy (non-hydrogen) atoms. The van der Waals surface area contributed by atoms with Gasteiger partial charge < -0.3 is 9.84 Å². The molecular weight excluding hydrogens is 289 g/mol. The lowest BCUT2D eigenvalue weighted by atomic mass is 10.1. The van der Waals surface area contributed by atoms with E-state index in [2.05, 4.69) is 4.90 Å². The fourth-order valence-electron chi connectivity index (χ4n) is 2.21. The first-order valence-corrected chi connectivity index (χ1v) is 6.78. The van der Waals surface area contributed by atoms with E-state index >= 15 is 0 Å². The van der Waals surface area contributed by atoms with E-state index in [1.807, 2.05) is 13.0 Å². The van der Waals surface area contributed by atoms with Gasteiger partial charge >= 0.3 is 5.97 Å². The Morgan fingerprint density at radius 2 is 2.26 bits per heavy atom. The predicted molar refractivity (Wildman–Crippen MR) is 73.8 cm³/mol. The van der Waals surface area contributed by atoms with Crippen LogP contribution in [0.2, 0.25) is 10.0 Å². The summed E-state index contributed by atoms with van der Waals surface area (Å²) in [6.45, 7) is 3.45. The highest BCUT2D eigenvalue weighted by Crippen LogP contribution is 2.30. The molecule has 6 heteroatoms. The molecule has 1 N–H and O–H groups in total. The highest BCUT2D eigenvalue weighted by molar-refractivity contribution is 6.35. The third-order valence-electron chi connectivity index (χ3n) is 3.33. The van der Waals surface area contributed by atoms with Gasteiger partial charge in [-0.3, -0.25) is 4.90 Å². The van der Waals surface area contributed by atoms with Crippen LogP contribution in [0.5, 0.6) is 0 Å². The molecule has 0 bridgehead atoms. The molecule has 4 nitrogen and oxygen atoms in total. The molecule has 1 saturated heterocycles. The number of rotatable bonds is 3. The van der Waals surface area contributed by atoms with Crippen molar-refractivity contribution in [3.05, 3.63) is 33.8 Å². The zero-order chi connectivity index (χ0) is 14.0. The molecule has 2 rings (SSSR count). The van der Waals surface area contributed by atoms with Gasteiger partial charge in [-0.05, 0) is 24.6 Å². The Kier molecular flexibility index (Phi) is 4.68. The topological polar surface area (TPSA) is 49.8 Å². The molecule has 0 aromatic heterocycles. The fraction of sp³-hybridized carbons (Fsp3) is 0.462. The maximum atomic E-state index is 11.0. The van der Waals surface area contributed by atoms with Crippen molar-refractivity contribution >= 4 is 29.2 Å². The van der Waals surface area contributed by atoms with Crippen LogP contribution in [0.25, 0.3) is 0 Å². The molecule has 0 spiro atoms. The van der Waals surface area contributed by atoms with Crippen molar-refractivity contribution in [2.75, 3.05) is 19.7 Å². The Morgan fingerprint density at radius 1 is 1.53 bits per heavy atom. The van der Waals surface area contributed by atoms with E-state index in [0.717, 1.165) is 5.56 Å². The van der Waals surface area contributed by atoms with Crippen LogP contribution in [0.1, 0.15) is 18.5 Å². The van der Waals surface area contributed by atoms with Gasteiger partial charge in [-0.1, -0.05) is 29.3 Å². The van der Waals surface area contributed by atoms with Crippen molar-refractivity contribution in [2.24, 2.45) is 0 Å². The molecule has 1 fully saturated rings. The molecule has 1 aliphatic rings. The minimum absolute atomic E-state index is 0.0236. The molecule has 0 radical (unpaired) electrons. The number of hydrogen-bond acceptors (Lipinski definition) is 3. The van der Waals surface area contributed by atoms with E-state index in [1.165, 1.54) is 0 Å². The summed E-state index contributed by atoms with van der Waals surface area (Å²) >= 11 is 12.1. The van der Waals surface area contributed by atoms with Gasteiger partial charge in [0.25, 0.3) is 0 Å². The molecule has 0 amide bonds. The summed E-state index contributed by atoms with van der Waals surface area (Å²) in [5.41, 5.74) is 0.942. The molecule has 1 aromatic rings. The minimum atomic E-state index is -0.931. The molecule has 1 aromatic carbocycles. The number of nitrogens with zero attached hydrogens (tertiary/aromatic N) is 1. The number of hydrogen-bond donors (Lipinski definition) is 1. The Balaban J connectivity index is 2.14. The van der Waals surface area contributed by atoms with Crippen LogP contribution in [0.4, 0.5) is 0 Å². The van der Waals surface area contributed by atoms with Crippen LogP contribution >= 0.6 is 23.2 Å². The van der Waals surface area contributed by atoms with Gasteiger partial charge in [0.2, 0.25) is 0 Å². The van der Waals surface area contributed by atoms with Crippen LogP contribution in [-0.4, -0.2) is 41.8 Å². The molecule has 2 unspecified atom stereocenters. The number of halogens is 2. The second-order valence-corrected chi connectivity index (χ2v) is 5.38. The minimum Gasteiger partial charge on any atom is -0.479 e. The highest BCUT2D eigenvalue weighted by Gasteiger charge is 2.29. The Bertz CT molecular complexity index is 481. The molecular formula is C13H15Cl2NO3. The SMILES string of the molecule is CC(c1ccc(Cl)cc1Cl)N1CCOC(C(=O)O)C1. The normalized spacial score (nSPS) is 22.2. The first kappa shape index (κ1) is 14.6. The van der Waals surface area contributed by atoms with Crippen molar-refractivity contribution in [2.45, 2.75) is 19.1 Å². The Hall–Kier alpha value is -0.810. The van der Waals surface area contributed by atoms with Crippen LogP contribution in [0.3, 0.4) is 0 Å². The van der Waals surface area contributed by atoms with Gasteiger partial charge in [-0.2, -0.15) is 0 Å². The Morgan fingerprint density at radius 3 is 2.89 bits per heavy atom. The van der Waals surface area contributed by atoms with Gasteiger partial charge in [0, 0.05) is 29.2 Å². The van der Waals surface area contributed by atoms with E-state index in [4.69, 9.17) is 33.0 Å². The summed E-state index contributed by atoms with van der Waals surface area (Å²) in [6.07, 6.45) is -0.776. The number of carboxylic acid groups (broad SMARTS) is 1. The first-order valence-electron chi connectivity index (χ1n) is 6.02. The number of carbonyl (C=O) groups is 1. The first-order chi connectivity index (χ1) is 8.99. The van der Waals surface area contributed by atoms with Crippen LogP contribution in [-0.2, 0) is 9.53 Å². The van der Waals surface area contributed by atoms with Crippen molar-refractivity contribution in [1.82, 2.24) is 4.90 Å². The van der Waals surface area contributed by atoms with Gasteiger partial charge in [0.15, 0.2) is 6.10 Å². The van der Waals surface area contributed by atoms with Crippen molar-refractivity contribution < 1.29 is 14.6 Å². The van der Waals surface area contributed by atoms with E-state index in [1.54, 1.807) is 12.1 Å². The third kappa shape index (κ3) is 3.39. The zero-order valence-corrected chi connectivity index (χ0v) is 12.0. The van der Waals surface area contributed by atoms with Crippen LogP contribution < -0.4 is 0 Å². The van der Waals surface area contributed by atoms with Gasteiger partial charge in [-0.25, -0.2) is 4.79 Å². The molecule has 2 atom stereocenters. The lowest BCUT2D eigenvalue weighted by molar-refractivity contribution is -0.157. The monoisotopic (exact) mass is 303 g/mol. The zero-order valence-electron chi connectivity index (χ0n) is 10.5. The van der Waals surface area contributed by atoms with Gasteiger partial charge in [0.05, 0.1) is 6.61 Å². The number of ether oxygens (including phenoxy) is 1. The van der Waals surface area contributed by atoms with Crippen molar-refractivity contribution in [1.29, 1.82) is 0 Å².